The molecule has 3 rings (SSSR count). The molecule has 1 saturated heterocycles. The molecule has 2 aromatic rings. The van der Waals surface area contributed by atoms with E-state index in [1.807, 2.05) is 54.4 Å². The third-order valence-corrected chi connectivity index (χ3v) is 7.00. The number of nitrogens with zero attached hydrogens (tertiary/aromatic N) is 3. The highest BCUT2D eigenvalue weighted by Crippen LogP contribution is 2.21. The molecule has 0 atom stereocenters. The molecule has 1 aliphatic rings. The fourth-order valence-electron chi connectivity index (χ4n) is 3.35. The zero-order chi connectivity index (χ0) is 21.4. The number of para-hydroxylation sites is 1. The Morgan fingerprint density at radius 1 is 1.10 bits per heavy atom. The van der Waals surface area contributed by atoms with Gasteiger partial charge >= 0.3 is 0 Å². The van der Waals surface area contributed by atoms with E-state index in [1.54, 1.807) is 23.5 Å². The summed E-state index contributed by atoms with van der Waals surface area (Å²) in [4.78, 5) is 6.66. The van der Waals surface area contributed by atoms with Crippen molar-refractivity contribution in [3.8, 4) is 5.75 Å². The normalized spacial score (nSPS) is 15.2. The van der Waals surface area contributed by atoms with E-state index in [1.165, 1.54) is 0 Å². The van der Waals surface area contributed by atoms with Crippen molar-refractivity contribution < 1.29 is 13.2 Å². The van der Waals surface area contributed by atoms with Crippen molar-refractivity contribution in [1.82, 2.24) is 14.5 Å². The summed E-state index contributed by atoms with van der Waals surface area (Å²) in [6.07, 6.45) is 1.87. The molecule has 0 spiro atoms. The quantitative estimate of drug-likeness (QED) is 0.515. The van der Waals surface area contributed by atoms with E-state index in [0.717, 1.165) is 30.1 Å². The highest BCUT2D eigenvalue weighted by molar-refractivity contribution is 7.89. The van der Waals surface area contributed by atoms with Crippen LogP contribution in [0.15, 0.2) is 64.5 Å². The van der Waals surface area contributed by atoms with Gasteiger partial charge in [-0.15, -0.1) is 0 Å². The van der Waals surface area contributed by atoms with Gasteiger partial charge in [-0.25, -0.2) is 8.42 Å². The van der Waals surface area contributed by atoms with Gasteiger partial charge in [-0.1, -0.05) is 30.3 Å². The number of sulfonamides is 1. The molecule has 1 aliphatic heterocycles. The number of aliphatic imine (C=N–C) groups is 1. The molecule has 0 unspecified atom stereocenters. The van der Waals surface area contributed by atoms with Crippen LogP contribution in [-0.2, 0) is 16.6 Å². The molecule has 0 aliphatic carbocycles. The first-order valence-electron chi connectivity index (χ1n) is 10.2. The summed E-state index contributed by atoms with van der Waals surface area (Å²) in [7, 11) is 0.321. The zero-order valence-corrected chi connectivity index (χ0v) is 18.4. The second-order valence-corrected chi connectivity index (χ2v) is 9.18. The Balaban J connectivity index is 1.49. The molecule has 2 aromatic carbocycles. The van der Waals surface area contributed by atoms with Crippen LogP contribution < -0.4 is 10.1 Å². The Hall–Kier alpha value is -2.58. The van der Waals surface area contributed by atoms with Crippen molar-refractivity contribution in [1.29, 1.82) is 0 Å². The van der Waals surface area contributed by atoms with Gasteiger partial charge in [0.2, 0.25) is 10.0 Å². The highest BCUT2D eigenvalue weighted by Gasteiger charge is 2.26. The predicted molar refractivity (Wildman–Crippen MR) is 119 cm³/mol. The average molecular weight is 431 g/mol. The van der Waals surface area contributed by atoms with Crippen LogP contribution in [0, 0.1) is 0 Å². The monoisotopic (exact) mass is 430 g/mol. The number of ether oxygens (including phenoxy) is 1. The van der Waals surface area contributed by atoms with Gasteiger partial charge in [0, 0.05) is 33.7 Å². The van der Waals surface area contributed by atoms with Crippen LogP contribution in [0.4, 0.5) is 0 Å². The van der Waals surface area contributed by atoms with Crippen LogP contribution in [0.2, 0.25) is 0 Å². The Labute approximate surface area is 179 Å². The molecule has 162 valence electrons. The van der Waals surface area contributed by atoms with Crippen LogP contribution in [0.1, 0.15) is 18.4 Å². The Morgan fingerprint density at radius 3 is 2.40 bits per heavy atom. The van der Waals surface area contributed by atoms with Crippen molar-refractivity contribution in [3.63, 3.8) is 0 Å². The lowest BCUT2D eigenvalue weighted by Crippen LogP contribution is -2.40. The van der Waals surface area contributed by atoms with Crippen LogP contribution in [0.5, 0.6) is 5.75 Å². The van der Waals surface area contributed by atoms with E-state index in [4.69, 9.17) is 4.74 Å². The van der Waals surface area contributed by atoms with Gasteiger partial charge in [0.25, 0.3) is 0 Å². The maximum absolute atomic E-state index is 12.6. The van der Waals surface area contributed by atoms with Gasteiger partial charge in [-0.05, 0) is 42.7 Å². The zero-order valence-electron chi connectivity index (χ0n) is 17.6. The standard InChI is InChI=1S/C22H30N4O3S/c1-23-22(25(2)16-17-29-20-8-4-3-5-9-20)24-18-19-10-12-21(13-11-19)30(27,28)26-14-6-7-15-26/h3-5,8-13H,6-7,14-18H2,1-2H3,(H,23,24). The van der Waals surface area contributed by atoms with E-state index in [-0.39, 0.29) is 0 Å². The molecule has 0 saturated carbocycles. The third-order valence-electron chi connectivity index (χ3n) is 5.09. The van der Waals surface area contributed by atoms with Gasteiger partial charge < -0.3 is 15.0 Å². The van der Waals surface area contributed by atoms with Gasteiger partial charge in [0.15, 0.2) is 5.96 Å². The van der Waals surface area contributed by atoms with Crippen LogP contribution in [-0.4, -0.2) is 63.9 Å². The largest absolute Gasteiger partial charge is 0.492 e. The van der Waals surface area contributed by atoms with E-state index >= 15 is 0 Å². The molecule has 1 fully saturated rings. The maximum Gasteiger partial charge on any atom is 0.243 e. The minimum Gasteiger partial charge on any atom is -0.492 e. The predicted octanol–water partition coefficient (Wildman–Crippen LogP) is 2.56. The lowest BCUT2D eigenvalue weighted by molar-refractivity contribution is 0.281. The number of benzene rings is 2. The van der Waals surface area contributed by atoms with Crippen molar-refractivity contribution in [3.05, 3.63) is 60.2 Å². The summed E-state index contributed by atoms with van der Waals surface area (Å²) in [5, 5.41) is 3.31. The van der Waals surface area contributed by atoms with Gasteiger partial charge in [-0.3, -0.25) is 4.99 Å². The summed E-state index contributed by atoms with van der Waals surface area (Å²) >= 11 is 0. The average Bonchev–Trinajstić information content (AvgIpc) is 3.31. The van der Waals surface area contributed by atoms with E-state index in [0.29, 0.717) is 37.7 Å². The molecule has 8 heteroatoms. The maximum atomic E-state index is 12.6. The SMILES string of the molecule is CN=C(NCc1ccc(S(=O)(=O)N2CCCC2)cc1)N(C)CCOc1ccccc1. The third kappa shape index (κ3) is 5.73. The van der Waals surface area contributed by atoms with Crippen molar-refractivity contribution in [2.45, 2.75) is 24.3 Å². The molecule has 7 nitrogen and oxygen atoms in total. The Morgan fingerprint density at radius 2 is 1.77 bits per heavy atom. The van der Waals surface area contributed by atoms with Crippen molar-refractivity contribution in [2.24, 2.45) is 4.99 Å². The molecule has 30 heavy (non-hydrogen) atoms. The van der Waals surface area contributed by atoms with Crippen LogP contribution in [0.3, 0.4) is 0 Å². The number of rotatable bonds is 8. The molecule has 1 N–H and O–H groups in total. The number of nitrogens with one attached hydrogen (secondary N) is 1. The van der Waals surface area contributed by atoms with Gasteiger partial charge in [0.05, 0.1) is 11.4 Å². The molecule has 0 amide bonds. The molecule has 0 aromatic heterocycles. The van der Waals surface area contributed by atoms with Crippen molar-refractivity contribution >= 4 is 16.0 Å². The van der Waals surface area contributed by atoms with Crippen LogP contribution in [0.25, 0.3) is 0 Å². The summed E-state index contributed by atoms with van der Waals surface area (Å²) < 4.78 is 32.5. The molecule has 1 heterocycles. The number of hydrogen-bond acceptors (Lipinski definition) is 4. The summed E-state index contributed by atoms with van der Waals surface area (Å²) in [6.45, 7) is 3.01. The summed E-state index contributed by atoms with van der Waals surface area (Å²) in [5.74, 6) is 1.60. The van der Waals surface area contributed by atoms with E-state index in [2.05, 4.69) is 10.3 Å². The fourth-order valence-corrected chi connectivity index (χ4v) is 4.86. The first kappa shape index (κ1) is 22.1. The molecular weight excluding hydrogens is 400 g/mol. The topological polar surface area (TPSA) is 74.2 Å². The fraction of sp³-hybridized carbons (Fsp3) is 0.409. The molecule has 0 bridgehead atoms. The Bertz CT molecular complexity index is 925. The number of guanidine groups is 1. The highest BCUT2D eigenvalue weighted by atomic mass is 32.2. The van der Waals surface area contributed by atoms with E-state index < -0.39 is 10.0 Å². The minimum absolute atomic E-state index is 0.354. The molecular formula is C22H30N4O3S. The number of likely N-dealkylation sites (N-methyl/N-ethyl adjacent to an activating group) is 1. The molecule has 0 radical (unpaired) electrons. The first-order chi connectivity index (χ1) is 14.5. The summed E-state index contributed by atoms with van der Waals surface area (Å²) in [6, 6.07) is 16.8. The van der Waals surface area contributed by atoms with Crippen molar-refractivity contribution in [2.75, 3.05) is 40.3 Å². The summed E-state index contributed by atoms with van der Waals surface area (Å²) in [5.41, 5.74) is 0.991. The Kier molecular flexibility index (Phi) is 7.70. The second-order valence-electron chi connectivity index (χ2n) is 7.24. The van der Waals surface area contributed by atoms with Gasteiger partial charge in [-0.2, -0.15) is 4.31 Å². The first-order valence-corrected chi connectivity index (χ1v) is 11.6. The second kappa shape index (κ2) is 10.4. The minimum atomic E-state index is -3.37. The number of hydrogen-bond donors (Lipinski definition) is 1. The lowest BCUT2D eigenvalue weighted by atomic mass is 10.2. The van der Waals surface area contributed by atoms with Gasteiger partial charge in [0.1, 0.15) is 12.4 Å². The smallest absolute Gasteiger partial charge is 0.243 e. The van der Waals surface area contributed by atoms with Crippen LogP contribution >= 0.6 is 0 Å². The lowest BCUT2D eigenvalue weighted by Gasteiger charge is -2.22. The van der Waals surface area contributed by atoms with E-state index in [9.17, 15) is 8.42 Å².